The maximum atomic E-state index is 13.6. The molecule has 0 aliphatic carbocycles. The highest BCUT2D eigenvalue weighted by atomic mass is 16.5. The molecule has 1 saturated heterocycles. The number of ether oxygens (including phenoxy) is 1. The average Bonchev–Trinajstić information content (AvgIpc) is 3.04. The van der Waals surface area contributed by atoms with E-state index in [0.29, 0.717) is 33.8 Å². The number of rotatable bonds is 9. The Morgan fingerprint density at radius 3 is 2.12 bits per heavy atom. The first-order valence-corrected chi connectivity index (χ1v) is 15.0. The number of nitrogens with one attached hydrogen (secondary N) is 1. The Hall–Kier alpha value is -4.30. The van der Waals surface area contributed by atoms with Gasteiger partial charge in [0.05, 0.1) is 7.11 Å². The Bertz CT molecular complexity index is 1440. The van der Waals surface area contributed by atoms with Gasteiger partial charge in [-0.3, -0.25) is 14.6 Å². The summed E-state index contributed by atoms with van der Waals surface area (Å²) >= 11 is 0. The maximum absolute atomic E-state index is 13.6. The number of amides is 1. The fraction of sp³-hybridized carbons (Fsp3) is 0.371. The van der Waals surface area contributed by atoms with Gasteiger partial charge in [-0.05, 0) is 69.4 Å². The summed E-state index contributed by atoms with van der Waals surface area (Å²) in [6.45, 7) is 6.90. The van der Waals surface area contributed by atoms with Crippen molar-refractivity contribution in [2.24, 2.45) is 10.9 Å². The number of nitrogens with zero attached hydrogens (tertiary/aromatic N) is 3. The number of carbonyl (C=O) groups excluding carboxylic acids is 2. The van der Waals surface area contributed by atoms with Crippen molar-refractivity contribution in [3.63, 3.8) is 0 Å². The Morgan fingerprint density at radius 2 is 1.56 bits per heavy atom. The highest BCUT2D eigenvalue weighted by Crippen LogP contribution is 2.42. The number of piperidine rings is 1. The molecule has 43 heavy (non-hydrogen) atoms. The van der Waals surface area contributed by atoms with Crippen molar-refractivity contribution < 1.29 is 19.1 Å². The Kier molecular flexibility index (Phi) is 9.36. The standard InChI is InChI=1S/C35H40N4O4/c1-25-30(32(27-15-21-39(42)22-16-27)31(26(2)37-25)34(41)43-3)33(40)36-19-10-20-38-23-17-35(18-24-38,28-11-6-4-7-12-28)29-13-8-5-9-14-29/h4-9,11-16,21-22,31-32H,10,17-20,23-24H2,1-3H3,(H,36,40). The second-order valence-electron chi connectivity index (χ2n) is 11.5. The smallest absolute Gasteiger partial charge is 0.315 e. The van der Waals surface area contributed by atoms with E-state index >= 15 is 0 Å². The molecule has 2 aliphatic heterocycles. The van der Waals surface area contributed by atoms with Gasteiger partial charge in [0.15, 0.2) is 12.4 Å². The van der Waals surface area contributed by atoms with Crippen molar-refractivity contribution in [2.45, 2.75) is 44.4 Å². The van der Waals surface area contributed by atoms with Crippen LogP contribution in [0.4, 0.5) is 0 Å². The number of allylic oxidation sites excluding steroid dienone is 1. The molecule has 2 atom stereocenters. The molecule has 2 aromatic carbocycles. The van der Waals surface area contributed by atoms with E-state index in [-0.39, 0.29) is 11.3 Å². The molecule has 2 aliphatic rings. The molecular formula is C35H40N4O4. The number of aliphatic imine (C=N–C) groups is 1. The minimum absolute atomic E-state index is 0.00482. The Balaban J connectivity index is 1.23. The number of likely N-dealkylation sites (tertiary alicyclic amines) is 1. The van der Waals surface area contributed by atoms with Crippen molar-refractivity contribution in [2.75, 3.05) is 33.3 Å². The molecule has 8 nitrogen and oxygen atoms in total. The summed E-state index contributed by atoms with van der Waals surface area (Å²) in [5, 5.41) is 14.8. The first-order valence-electron chi connectivity index (χ1n) is 15.0. The van der Waals surface area contributed by atoms with Crippen molar-refractivity contribution in [1.29, 1.82) is 0 Å². The third kappa shape index (κ3) is 6.39. The fourth-order valence-electron chi connectivity index (χ4n) is 6.77. The number of aromatic nitrogens is 1. The van der Waals surface area contributed by atoms with E-state index in [1.807, 2.05) is 0 Å². The Labute approximate surface area is 253 Å². The summed E-state index contributed by atoms with van der Waals surface area (Å²) in [7, 11) is 1.33. The van der Waals surface area contributed by atoms with E-state index in [1.54, 1.807) is 26.0 Å². The van der Waals surface area contributed by atoms with Gasteiger partial charge in [0, 0.05) is 47.0 Å². The monoisotopic (exact) mass is 580 g/mol. The molecular weight excluding hydrogens is 540 g/mol. The second-order valence-corrected chi connectivity index (χ2v) is 11.5. The molecule has 1 fully saturated rings. The molecule has 0 radical (unpaired) electrons. The molecule has 3 heterocycles. The molecule has 2 unspecified atom stereocenters. The van der Waals surface area contributed by atoms with Crippen LogP contribution in [0.3, 0.4) is 0 Å². The molecule has 5 rings (SSSR count). The summed E-state index contributed by atoms with van der Waals surface area (Å²) in [6.07, 6.45) is 5.62. The minimum Gasteiger partial charge on any atom is -0.619 e. The van der Waals surface area contributed by atoms with E-state index in [9.17, 15) is 14.8 Å². The van der Waals surface area contributed by atoms with Crippen molar-refractivity contribution in [3.05, 3.63) is 118 Å². The van der Waals surface area contributed by atoms with Gasteiger partial charge in [0.1, 0.15) is 5.92 Å². The molecule has 224 valence electrons. The minimum atomic E-state index is -0.750. The number of carbonyl (C=O) groups is 2. The molecule has 3 aromatic rings. The van der Waals surface area contributed by atoms with Crippen molar-refractivity contribution in [3.8, 4) is 0 Å². The highest BCUT2D eigenvalue weighted by Gasteiger charge is 2.42. The lowest BCUT2D eigenvalue weighted by atomic mass is 9.68. The normalized spacial score (nSPS) is 20.3. The molecule has 1 amide bonds. The van der Waals surface area contributed by atoms with Crippen molar-refractivity contribution >= 4 is 17.6 Å². The van der Waals surface area contributed by atoms with E-state index in [2.05, 4.69) is 75.9 Å². The first-order chi connectivity index (χ1) is 20.8. The van der Waals surface area contributed by atoms with Gasteiger partial charge in [0.2, 0.25) is 5.91 Å². The summed E-state index contributed by atoms with van der Waals surface area (Å²) in [4.78, 5) is 33.5. The third-order valence-electron chi connectivity index (χ3n) is 9.01. The van der Waals surface area contributed by atoms with Gasteiger partial charge in [-0.15, -0.1) is 0 Å². The lowest BCUT2D eigenvalue weighted by molar-refractivity contribution is -0.605. The number of esters is 1. The van der Waals surface area contributed by atoms with Gasteiger partial charge in [-0.1, -0.05) is 60.7 Å². The fourth-order valence-corrected chi connectivity index (χ4v) is 6.77. The van der Waals surface area contributed by atoms with Crippen LogP contribution in [0.15, 0.2) is 101 Å². The van der Waals surface area contributed by atoms with Crippen LogP contribution in [0, 0.1) is 11.1 Å². The van der Waals surface area contributed by atoms with Gasteiger partial charge in [-0.25, -0.2) is 0 Å². The van der Waals surface area contributed by atoms with Crippen molar-refractivity contribution in [1.82, 2.24) is 10.2 Å². The zero-order chi connectivity index (χ0) is 30.4. The molecule has 0 spiro atoms. The third-order valence-corrected chi connectivity index (χ3v) is 9.01. The zero-order valence-electron chi connectivity index (χ0n) is 25.2. The topological polar surface area (TPSA) is 97.9 Å². The summed E-state index contributed by atoms with van der Waals surface area (Å²) < 4.78 is 5.77. The number of methoxy groups -OCH3 is 1. The summed E-state index contributed by atoms with van der Waals surface area (Å²) in [6, 6.07) is 24.9. The summed E-state index contributed by atoms with van der Waals surface area (Å²) in [5.74, 6) is -2.07. The molecule has 0 saturated carbocycles. The van der Waals surface area contributed by atoms with E-state index in [0.717, 1.165) is 38.9 Å². The zero-order valence-corrected chi connectivity index (χ0v) is 25.2. The second kappa shape index (κ2) is 13.3. The van der Waals surface area contributed by atoms with Gasteiger partial charge in [0.25, 0.3) is 0 Å². The van der Waals surface area contributed by atoms with Crippen LogP contribution in [-0.4, -0.2) is 55.8 Å². The van der Waals surface area contributed by atoms with Crippen LogP contribution < -0.4 is 10.0 Å². The quantitative estimate of drug-likeness (QED) is 0.174. The highest BCUT2D eigenvalue weighted by molar-refractivity contribution is 6.07. The van der Waals surface area contributed by atoms with Crippen LogP contribution in [-0.2, 0) is 19.7 Å². The van der Waals surface area contributed by atoms with E-state index in [4.69, 9.17) is 4.74 Å². The predicted molar refractivity (Wildman–Crippen MR) is 166 cm³/mol. The van der Waals surface area contributed by atoms with Crippen LogP contribution in [0.1, 0.15) is 55.7 Å². The van der Waals surface area contributed by atoms with Gasteiger partial charge < -0.3 is 20.2 Å². The lowest BCUT2D eigenvalue weighted by Gasteiger charge is -2.43. The molecule has 0 bridgehead atoms. The van der Waals surface area contributed by atoms with E-state index in [1.165, 1.54) is 30.6 Å². The van der Waals surface area contributed by atoms with Crippen LogP contribution >= 0.6 is 0 Å². The number of hydrogen-bond acceptors (Lipinski definition) is 6. The largest absolute Gasteiger partial charge is 0.619 e. The number of benzene rings is 2. The molecule has 8 heteroatoms. The average molecular weight is 581 g/mol. The summed E-state index contributed by atoms with van der Waals surface area (Å²) in [5.41, 5.74) is 5.00. The Morgan fingerprint density at radius 1 is 0.977 bits per heavy atom. The van der Waals surface area contributed by atoms with E-state index < -0.39 is 17.8 Å². The molecule has 1 N–H and O–H groups in total. The van der Waals surface area contributed by atoms with Gasteiger partial charge >= 0.3 is 5.97 Å². The number of hydrogen-bond donors (Lipinski definition) is 1. The first kappa shape index (κ1) is 30.2. The van der Waals surface area contributed by atoms with Crippen LogP contribution in [0.5, 0.6) is 0 Å². The maximum Gasteiger partial charge on any atom is 0.315 e. The number of pyridine rings is 1. The molecule has 1 aromatic heterocycles. The SMILES string of the molecule is COC(=O)C1C(C)=NC(C)=C(C(=O)NCCCN2CCC(c3ccccc3)(c3ccccc3)CC2)C1c1cc[n+]([O-])cc1. The van der Waals surface area contributed by atoms with Crippen LogP contribution in [0.25, 0.3) is 0 Å². The lowest BCUT2D eigenvalue weighted by Crippen LogP contribution is -2.44. The van der Waals surface area contributed by atoms with Crippen LogP contribution in [0.2, 0.25) is 0 Å². The predicted octanol–water partition coefficient (Wildman–Crippen LogP) is 4.53. The van der Waals surface area contributed by atoms with Gasteiger partial charge in [-0.2, -0.15) is 4.73 Å².